The Bertz CT molecular complexity index is 1090. The van der Waals surface area contributed by atoms with E-state index in [9.17, 15) is 0 Å². The fourth-order valence-electron chi connectivity index (χ4n) is 4.76. The lowest BCUT2D eigenvalue weighted by Crippen LogP contribution is -2.08. The predicted octanol–water partition coefficient (Wildman–Crippen LogP) is 6.69. The maximum atomic E-state index is 6.63. The minimum absolute atomic E-state index is 0.522. The smallest absolute Gasteiger partial charge is 0.114 e. The first-order valence-electron chi connectivity index (χ1n) is 11.1. The van der Waals surface area contributed by atoms with Crippen molar-refractivity contribution in [1.29, 1.82) is 0 Å². The molecule has 0 spiro atoms. The van der Waals surface area contributed by atoms with E-state index >= 15 is 0 Å². The SMILES string of the molecule is CCC(CC)c1ccc(Cl)c2nc3n(c12)CCCC/C=C(\c1ncc(N)cc1C)C3. The maximum absolute atomic E-state index is 6.63. The normalized spacial score (nSPS) is 16.6. The Morgan fingerprint density at radius 2 is 2.00 bits per heavy atom. The van der Waals surface area contributed by atoms with Crippen LogP contribution >= 0.6 is 11.6 Å². The Kier molecular flexibility index (Phi) is 6.14. The molecule has 158 valence electrons. The van der Waals surface area contributed by atoms with Crippen LogP contribution < -0.4 is 5.73 Å². The van der Waals surface area contributed by atoms with Crippen molar-refractivity contribution in [3.05, 3.63) is 58.1 Å². The van der Waals surface area contributed by atoms with E-state index < -0.39 is 0 Å². The molecule has 3 aromatic rings. The lowest BCUT2D eigenvalue weighted by molar-refractivity contribution is 0.603. The molecule has 0 saturated heterocycles. The topological polar surface area (TPSA) is 56.7 Å². The highest BCUT2D eigenvalue weighted by Gasteiger charge is 2.22. The number of anilines is 1. The van der Waals surface area contributed by atoms with Crippen molar-refractivity contribution in [2.45, 2.75) is 71.8 Å². The molecule has 2 N–H and O–H groups in total. The molecule has 0 bridgehead atoms. The minimum atomic E-state index is 0.522. The minimum Gasteiger partial charge on any atom is -0.397 e. The number of pyridine rings is 1. The Morgan fingerprint density at radius 3 is 2.73 bits per heavy atom. The number of nitrogens with two attached hydrogens (primary N) is 1. The van der Waals surface area contributed by atoms with Gasteiger partial charge in [0, 0.05) is 13.0 Å². The lowest BCUT2D eigenvalue weighted by Gasteiger charge is -2.17. The molecule has 0 amide bonds. The standard InChI is InChI=1S/C25H31ClN4/c1-4-17(5-2)20-10-11-21(26)24-25(20)30-12-8-6-7-9-18(14-22(30)29-24)23-16(3)13-19(27)15-28-23/h9-11,13,15,17H,4-8,12,14,27H2,1-3H3/b18-9-. The van der Waals surface area contributed by atoms with Crippen LogP contribution in [0.15, 0.2) is 30.5 Å². The monoisotopic (exact) mass is 422 g/mol. The number of halogens is 1. The summed E-state index contributed by atoms with van der Waals surface area (Å²) in [6.45, 7) is 7.59. The highest BCUT2D eigenvalue weighted by molar-refractivity contribution is 6.35. The molecule has 0 aliphatic carbocycles. The van der Waals surface area contributed by atoms with Crippen LogP contribution in [0.4, 0.5) is 5.69 Å². The zero-order valence-electron chi connectivity index (χ0n) is 18.2. The van der Waals surface area contributed by atoms with Crippen LogP contribution in [0.3, 0.4) is 0 Å². The van der Waals surface area contributed by atoms with Crippen LogP contribution in [0.2, 0.25) is 5.02 Å². The summed E-state index contributed by atoms with van der Waals surface area (Å²) in [7, 11) is 0. The van der Waals surface area contributed by atoms with Crippen LogP contribution in [-0.4, -0.2) is 14.5 Å². The van der Waals surface area contributed by atoms with Crippen molar-refractivity contribution < 1.29 is 0 Å². The number of hydrogen-bond donors (Lipinski definition) is 1. The predicted molar refractivity (Wildman–Crippen MR) is 127 cm³/mol. The number of aromatic nitrogens is 3. The molecule has 30 heavy (non-hydrogen) atoms. The van der Waals surface area contributed by atoms with E-state index in [2.05, 4.69) is 42.5 Å². The van der Waals surface area contributed by atoms with Gasteiger partial charge in [0.1, 0.15) is 11.3 Å². The number of hydrogen-bond acceptors (Lipinski definition) is 3. The molecule has 4 rings (SSSR count). The van der Waals surface area contributed by atoms with Gasteiger partial charge in [0.25, 0.3) is 0 Å². The molecule has 5 heteroatoms. The van der Waals surface area contributed by atoms with Gasteiger partial charge in [-0.2, -0.15) is 0 Å². The molecule has 0 radical (unpaired) electrons. The molecule has 0 saturated carbocycles. The van der Waals surface area contributed by atoms with E-state index in [0.717, 1.165) is 72.7 Å². The fourth-order valence-corrected chi connectivity index (χ4v) is 4.95. The molecule has 2 aromatic heterocycles. The summed E-state index contributed by atoms with van der Waals surface area (Å²) >= 11 is 6.63. The van der Waals surface area contributed by atoms with Gasteiger partial charge in [0.2, 0.25) is 0 Å². The first-order chi connectivity index (χ1) is 14.5. The molecule has 3 heterocycles. The number of rotatable bonds is 4. The summed E-state index contributed by atoms with van der Waals surface area (Å²) in [6, 6.07) is 6.24. The van der Waals surface area contributed by atoms with Crippen LogP contribution in [0, 0.1) is 6.92 Å². The summed E-state index contributed by atoms with van der Waals surface area (Å²) in [4.78, 5) is 9.73. The van der Waals surface area contributed by atoms with E-state index in [1.807, 2.05) is 12.1 Å². The molecule has 1 aliphatic heterocycles. The number of aryl methyl sites for hydroxylation is 2. The molecule has 1 aliphatic rings. The van der Waals surface area contributed by atoms with Gasteiger partial charge in [0.05, 0.1) is 28.1 Å². The highest BCUT2D eigenvalue weighted by atomic mass is 35.5. The van der Waals surface area contributed by atoms with E-state index in [1.165, 1.54) is 16.7 Å². The van der Waals surface area contributed by atoms with Gasteiger partial charge in [-0.15, -0.1) is 0 Å². The van der Waals surface area contributed by atoms with Crippen molar-refractivity contribution in [2.75, 3.05) is 5.73 Å². The Morgan fingerprint density at radius 1 is 1.20 bits per heavy atom. The molecule has 0 unspecified atom stereocenters. The Hall–Kier alpha value is -2.33. The van der Waals surface area contributed by atoms with Gasteiger partial charge in [0.15, 0.2) is 0 Å². The number of benzene rings is 1. The summed E-state index contributed by atoms with van der Waals surface area (Å²) in [5.41, 5.74) is 13.6. The molecule has 1 aromatic carbocycles. The first-order valence-corrected chi connectivity index (χ1v) is 11.5. The Labute approximate surface area is 184 Å². The summed E-state index contributed by atoms with van der Waals surface area (Å²) in [5, 5.41) is 0.740. The van der Waals surface area contributed by atoms with Crippen LogP contribution in [0.25, 0.3) is 16.6 Å². The summed E-state index contributed by atoms with van der Waals surface area (Å²) in [5.74, 6) is 1.60. The average Bonchev–Trinajstić information content (AvgIpc) is 3.11. The largest absolute Gasteiger partial charge is 0.397 e. The van der Waals surface area contributed by atoms with Gasteiger partial charge >= 0.3 is 0 Å². The summed E-state index contributed by atoms with van der Waals surface area (Å²) < 4.78 is 2.43. The molecule has 0 atom stereocenters. The van der Waals surface area contributed by atoms with Crippen molar-refractivity contribution in [1.82, 2.24) is 14.5 Å². The van der Waals surface area contributed by atoms with Crippen LogP contribution in [-0.2, 0) is 13.0 Å². The van der Waals surface area contributed by atoms with Gasteiger partial charge in [-0.25, -0.2) is 4.98 Å². The molecular weight excluding hydrogens is 392 g/mol. The van der Waals surface area contributed by atoms with Gasteiger partial charge in [-0.05, 0) is 73.8 Å². The van der Waals surface area contributed by atoms with Crippen molar-refractivity contribution in [2.24, 2.45) is 0 Å². The molecule has 0 fully saturated rings. The number of fused-ring (bicyclic) bond motifs is 3. The second-order valence-corrected chi connectivity index (χ2v) is 8.77. The number of nitrogens with zero attached hydrogens (tertiary/aromatic N) is 3. The second-order valence-electron chi connectivity index (χ2n) is 8.36. The number of allylic oxidation sites excluding steroid dienone is 2. The lowest BCUT2D eigenvalue weighted by atomic mass is 9.93. The van der Waals surface area contributed by atoms with Gasteiger partial charge in [-0.1, -0.05) is 37.6 Å². The number of imidazole rings is 1. The zero-order valence-corrected chi connectivity index (χ0v) is 19.0. The number of nitrogen functional groups attached to an aromatic ring is 1. The van der Waals surface area contributed by atoms with Crippen LogP contribution in [0.5, 0.6) is 0 Å². The van der Waals surface area contributed by atoms with Crippen molar-refractivity contribution in [3.63, 3.8) is 0 Å². The Balaban J connectivity index is 1.88. The maximum Gasteiger partial charge on any atom is 0.114 e. The highest BCUT2D eigenvalue weighted by Crippen LogP contribution is 2.36. The van der Waals surface area contributed by atoms with Crippen LogP contribution in [0.1, 0.15) is 74.5 Å². The third kappa shape index (κ3) is 3.85. The fraction of sp³-hybridized carbons (Fsp3) is 0.440. The third-order valence-electron chi connectivity index (χ3n) is 6.36. The zero-order chi connectivity index (χ0) is 21.3. The quantitative estimate of drug-likeness (QED) is 0.509. The molecule has 4 nitrogen and oxygen atoms in total. The van der Waals surface area contributed by atoms with E-state index in [-0.39, 0.29) is 0 Å². The van der Waals surface area contributed by atoms with Gasteiger partial charge < -0.3 is 10.3 Å². The van der Waals surface area contributed by atoms with E-state index in [4.69, 9.17) is 22.3 Å². The van der Waals surface area contributed by atoms with E-state index in [0.29, 0.717) is 11.6 Å². The summed E-state index contributed by atoms with van der Waals surface area (Å²) in [6.07, 6.45) is 10.4. The first kappa shape index (κ1) is 20.9. The average molecular weight is 423 g/mol. The van der Waals surface area contributed by atoms with Crippen molar-refractivity contribution in [3.8, 4) is 0 Å². The second kappa shape index (κ2) is 8.81. The van der Waals surface area contributed by atoms with Crippen molar-refractivity contribution >= 4 is 33.9 Å². The third-order valence-corrected chi connectivity index (χ3v) is 6.66. The van der Waals surface area contributed by atoms with E-state index in [1.54, 1.807) is 6.20 Å². The molecular formula is C25H31ClN4. The van der Waals surface area contributed by atoms with Gasteiger partial charge in [-0.3, -0.25) is 4.98 Å².